The van der Waals surface area contributed by atoms with Gasteiger partial charge in [-0.2, -0.15) is 11.3 Å². The summed E-state index contributed by atoms with van der Waals surface area (Å²) >= 11 is 1.53. The molecular formula is C10H16FNS. The molecule has 0 aliphatic carbocycles. The van der Waals surface area contributed by atoms with Crippen molar-refractivity contribution in [1.29, 1.82) is 0 Å². The van der Waals surface area contributed by atoms with Gasteiger partial charge in [0.25, 0.3) is 0 Å². The zero-order valence-corrected chi connectivity index (χ0v) is 8.85. The molecule has 74 valence electrons. The van der Waals surface area contributed by atoms with Crippen molar-refractivity contribution in [1.82, 2.24) is 0 Å². The van der Waals surface area contributed by atoms with Gasteiger partial charge < -0.3 is 5.73 Å². The van der Waals surface area contributed by atoms with Crippen LogP contribution in [0.15, 0.2) is 16.8 Å². The summed E-state index contributed by atoms with van der Waals surface area (Å²) in [6.45, 7) is 4.43. The number of rotatable bonds is 4. The molecule has 2 N–H and O–H groups in total. The zero-order chi connectivity index (χ0) is 9.84. The highest BCUT2D eigenvalue weighted by Crippen LogP contribution is 2.31. The predicted octanol–water partition coefficient (Wildman–Crippen LogP) is 2.99. The summed E-state index contributed by atoms with van der Waals surface area (Å²) in [6.07, 6.45) is -0.906. The molecule has 2 atom stereocenters. The van der Waals surface area contributed by atoms with Crippen molar-refractivity contribution in [2.45, 2.75) is 20.0 Å². The zero-order valence-electron chi connectivity index (χ0n) is 8.03. The van der Waals surface area contributed by atoms with E-state index in [4.69, 9.17) is 5.73 Å². The molecule has 0 aromatic carbocycles. The van der Waals surface area contributed by atoms with Crippen molar-refractivity contribution in [2.24, 2.45) is 17.6 Å². The van der Waals surface area contributed by atoms with Gasteiger partial charge in [0.2, 0.25) is 0 Å². The van der Waals surface area contributed by atoms with Crippen LogP contribution in [0.5, 0.6) is 0 Å². The van der Waals surface area contributed by atoms with Gasteiger partial charge in [-0.3, -0.25) is 0 Å². The number of hydrogen-bond acceptors (Lipinski definition) is 2. The second-order valence-electron chi connectivity index (χ2n) is 3.60. The summed E-state index contributed by atoms with van der Waals surface area (Å²) in [5.74, 6) is 0.231. The Labute approximate surface area is 82.8 Å². The van der Waals surface area contributed by atoms with E-state index < -0.39 is 6.17 Å². The van der Waals surface area contributed by atoms with Crippen LogP contribution in [0.1, 0.15) is 25.6 Å². The first-order valence-electron chi connectivity index (χ1n) is 4.53. The fourth-order valence-electron chi connectivity index (χ4n) is 1.41. The second-order valence-corrected chi connectivity index (χ2v) is 4.38. The topological polar surface area (TPSA) is 26.0 Å². The summed E-state index contributed by atoms with van der Waals surface area (Å²) in [6, 6.07) is 1.83. The van der Waals surface area contributed by atoms with Crippen LogP contribution in [0.4, 0.5) is 4.39 Å². The first-order valence-corrected chi connectivity index (χ1v) is 5.47. The molecule has 1 nitrogen and oxygen atoms in total. The third kappa shape index (κ3) is 2.51. The maximum absolute atomic E-state index is 13.8. The molecule has 2 unspecified atom stereocenters. The van der Waals surface area contributed by atoms with Crippen molar-refractivity contribution in [2.75, 3.05) is 6.54 Å². The van der Waals surface area contributed by atoms with E-state index in [2.05, 4.69) is 0 Å². The molecule has 3 heteroatoms. The molecule has 0 bridgehead atoms. The van der Waals surface area contributed by atoms with Crippen LogP contribution in [-0.4, -0.2) is 6.54 Å². The van der Waals surface area contributed by atoms with Crippen LogP contribution < -0.4 is 5.73 Å². The first-order chi connectivity index (χ1) is 6.16. The molecule has 0 radical (unpaired) electrons. The summed E-state index contributed by atoms with van der Waals surface area (Å²) in [5, 5.41) is 3.76. The van der Waals surface area contributed by atoms with E-state index in [-0.39, 0.29) is 5.92 Å². The van der Waals surface area contributed by atoms with Crippen molar-refractivity contribution < 1.29 is 4.39 Å². The Balaban J connectivity index is 2.70. The lowest BCUT2D eigenvalue weighted by molar-refractivity contribution is 0.189. The van der Waals surface area contributed by atoms with Crippen LogP contribution in [0.3, 0.4) is 0 Å². The van der Waals surface area contributed by atoms with Crippen molar-refractivity contribution in [3.05, 3.63) is 22.4 Å². The fourth-order valence-corrected chi connectivity index (χ4v) is 2.09. The first kappa shape index (κ1) is 10.7. The van der Waals surface area contributed by atoms with Crippen molar-refractivity contribution in [3.8, 4) is 0 Å². The van der Waals surface area contributed by atoms with E-state index in [0.29, 0.717) is 12.5 Å². The number of thiophene rings is 1. The Morgan fingerprint density at radius 2 is 2.23 bits per heavy atom. The summed E-state index contributed by atoms with van der Waals surface area (Å²) < 4.78 is 13.8. The summed E-state index contributed by atoms with van der Waals surface area (Å²) in [7, 11) is 0. The molecule has 1 rings (SSSR count). The normalized spacial score (nSPS) is 16.1. The Hall–Kier alpha value is -0.410. The predicted molar refractivity (Wildman–Crippen MR) is 55.6 cm³/mol. The number of halogens is 1. The third-order valence-electron chi connectivity index (χ3n) is 2.37. The molecule has 13 heavy (non-hydrogen) atoms. The highest BCUT2D eigenvalue weighted by Gasteiger charge is 2.24. The van der Waals surface area contributed by atoms with Gasteiger partial charge in [-0.15, -0.1) is 0 Å². The Morgan fingerprint density at radius 1 is 1.54 bits per heavy atom. The number of hydrogen-bond donors (Lipinski definition) is 1. The fraction of sp³-hybridized carbons (Fsp3) is 0.600. The van der Waals surface area contributed by atoms with E-state index in [0.717, 1.165) is 5.56 Å². The highest BCUT2D eigenvalue weighted by atomic mass is 32.1. The lowest BCUT2D eigenvalue weighted by atomic mass is 9.88. The standard InChI is InChI=1S/C10H16FNS/c1-7(2)9(5-12)10(11)8-3-4-13-6-8/h3-4,6-7,9-10H,5,12H2,1-2H3. The SMILES string of the molecule is CC(C)C(CN)C(F)c1ccsc1. The van der Waals surface area contributed by atoms with Crippen LogP contribution in [0.25, 0.3) is 0 Å². The molecule has 0 saturated carbocycles. The molecule has 0 fully saturated rings. The average Bonchev–Trinajstić information content (AvgIpc) is 2.56. The molecule has 0 saturated heterocycles. The summed E-state index contributed by atoms with van der Waals surface area (Å²) in [4.78, 5) is 0. The third-order valence-corrected chi connectivity index (χ3v) is 3.07. The van der Waals surface area contributed by atoms with Gasteiger partial charge in [-0.05, 0) is 34.9 Å². The number of alkyl halides is 1. The van der Waals surface area contributed by atoms with Gasteiger partial charge in [0.1, 0.15) is 6.17 Å². The van der Waals surface area contributed by atoms with E-state index in [1.165, 1.54) is 11.3 Å². The van der Waals surface area contributed by atoms with E-state index in [9.17, 15) is 4.39 Å². The Kier molecular flexibility index (Phi) is 3.88. The molecule has 0 aliphatic rings. The molecule has 0 aliphatic heterocycles. The highest BCUT2D eigenvalue weighted by molar-refractivity contribution is 7.07. The van der Waals surface area contributed by atoms with Gasteiger partial charge >= 0.3 is 0 Å². The largest absolute Gasteiger partial charge is 0.330 e. The quantitative estimate of drug-likeness (QED) is 0.796. The minimum atomic E-state index is -0.906. The van der Waals surface area contributed by atoms with Crippen molar-refractivity contribution >= 4 is 11.3 Å². The maximum atomic E-state index is 13.8. The van der Waals surface area contributed by atoms with E-state index >= 15 is 0 Å². The average molecular weight is 201 g/mol. The minimum Gasteiger partial charge on any atom is -0.330 e. The van der Waals surface area contributed by atoms with Gasteiger partial charge in [-0.25, -0.2) is 4.39 Å². The van der Waals surface area contributed by atoms with Gasteiger partial charge in [0.05, 0.1) is 0 Å². The Morgan fingerprint density at radius 3 is 2.62 bits per heavy atom. The van der Waals surface area contributed by atoms with Crippen LogP contribution in [0.2, 0.25) is 0 Å². The van der Waals surface area contributed by atoms with E-state index in [1.54, 1.807) is 0 Å². The lowest BCUT2D eigenvalue weighted by Gasteiger charge is -2.22. The maximum Gasteiger partial charge on any atom is 0.130 e. The molecule has 1 aromatic heterocycles. The van der Waals surface area contributed by atoms with Gasteiger partial charge in [-0.1, -0.05) is 13.8 Å². The molecule has 1 heterocycles. The second kappa shape index (κ2) is 4.72. The summed E-state index contributed by atoms with van der Waals surface area (Å²) in [5.41, 5.74) is 6.32. The minimum absolute atomic E-state index is 0.0606. The lowest BCUT2D eigenvalue weighted by Crippen LogP contribution is -2.24. The Bertz CT molecular complexity index is 233. The number of nitrogens with two attached hydrogens (primary N) is 1. The molecule has 0 spiro atoms. The molecular weight excluding hydrogens is 185 g/mol. The van der Waals surface area contributed by atoms with Crippen molar-refractivity contribution in [3.63, 3.8) is 0 Å². The van der Waals surface area contributed by atoms with Crippen LogP contribution in [-0.2, 0) is 0 Å². The van der Waals surface area contributed by atoms with Crippen LogP contribution in [0, 0.1) is 11.8 Å². The smallest absolute Gasteiger partial charge is 0.130 e. The van der Waals surface area contributed by atoms with Gasteiger partial charge in [0, 0.05) is 5.92 Å². The van der Waals surface area contributed by atoms with Gasteiger partial charge in [0.15, 0.2) is 0 Å². The monoisotopic (exact) mass is 201 g/mol. The molecule has 0 amide bonds. The van der Waals surface area contributed by atoms with E-state index in [1.807, 2.05) is 30.7 Å². The van der Waals surface area contributed by atoms with Crippen LogP contribution >= 0.6 is 11.3 Å². The molecule has 1 aromatic rings.